The second kappa shape index (κ2) is 9.45. The largest absolute Gasteiger partial charge is 0.230 e. The van der Waals surface area contributed by atoms with Crippen LogP contribution in [0.25, 0.3) is 0 Å². The van der Waals surface area contributed by atoms with Crippen molar-refractivity contribution >= 4 is 20.0 Å². The fraction of sp³-hybridized carbons (Fsp3) is 0.368. The quantitative estimate of drug-likeness (QED) is 0.603. The molecule has 0 saturated heterocycles. The minimum Gasteiger partial charge on any atom is -0.211 e. The lowest BCUT2D eigenvalue weighted by atomic mass is 10.2. The van der Waals surface area contributed by atoms with Gasteiger partial charge in [-0.05, 0) is 11.1 Å². The van der Waals surface area contributed by atoms with Crippen LogP contribution in [0.15, 0.2) is 60.7 Å². The summed E-state index contributed by atoms with van der Waals surface area (Å²) < 4.78 is 53.5. The highest BCUT2D eigenvalue weighted by molar-refractivity contribution is 8.05. The van der Waals surface area contributed by atoms with Crippen LogP contribution in [0.3, 0.4) is 0 Å². The van der Waals surface area contributed by atoms with E-state index in [1.54, 1.807) is 13.8 Å². The summed E-state index contributed by atoms with van der Waals surface area (Å²) in [5.41, 5.74) is 1.63. The minimum absolute atomic E-state index is 0.153. The Balaban J connectivity index is 2.17. The summed E-state index contributed by atoms with van der Waals surface area (Å²) in [7, 11) is -7.94. The van der Waals surface area contributed by atoms with E-state index in [1.807, 2.05) is 60.7 Å². The average molecular weight is 411 g/mol. The highest BCUT2D eigenvalue weighted by atomic mass is 32.3. The summed E-state index contributed by atoms with van der Waals surface area (Å²) in [6.45, 7) is 4.12. The zero-order valence-electron chi connectivity index (χ0n) is 15.7. The van der Waals surface area contributed by atoms with Gasteiger partial charge in [0.05, 0.1) is 0 Å². The second-order valence-corrected chi connectivity index (χ2v) is 10.5. The first-order valence-electron chi connectivity index (χ1n) is 8.82. The molecule has 27 heavy (non-hydrogen) atoms. The summed E-state index contributed by atoms with van der Waals surface area (Å²) in [6.07, 6.45) is 0. The highest BCUT2D eigenvalue weighted by Crippen LogP contribution is 2.16. The van der Waals surface area contributed by atoms with Gasteiger partial charge in [-0.25, -0.2) is 16.8 Å². The fourth-order valence-corrected chi connectivity index (χ4v) is 6.90. The lowest BCUT2D eigenvalue weighted by Crippen LogP contribution is -2.40. The van der Waals surface area contributed by atoms with Gasteiger partial charge < -0.3 is 0 Å². The molecule has 0 amide bonds. The van der Waals surface area contributed by atoms with E-state index in [9.17, 15) is 16.8 Å². The molecule has 0 radical (unpaired) electrons. The maximum atomic E-state index is 12.8. The molecule has 0 aliphatic carbocycles. The summed E-state index contributed by atoms with van der Waals surface area (Å²) in [4.78, 5) is 0. The lowest BCUT2D eigenvalue weighted by Gasteiger charge is -2.24. The van der Waals surface area contributed by atoms with Gasteiger partial charge in [0.1, 0.15) is 0 Å². The topological polar surface area (TPSA) is 74.8 Å². The number of hydrogen-bond acceptors (Lipinski definition) is 4. The maximum Gasteiger partial charge on any atom is 0.230 e. The Kier molecular flexibility index (Phi) is 7.55. The smallest absolute Gasteiger partial charge is 0.211 e. The SMILES string of the molecule is CCN(Cc1ccccc1)S(=O)(=O)CS(=O)(=O)N(CC)Cc1ccccc1. The van der Waals surface area contributed by atoms with Crippen LogP contribution in [-0.4, -0.2) is 43.6 Å². The molecule has 2 aromatic rings. The molecule has 0 spiro atoms. The molecule has 0 aromatic heterocycles. The van der Waals surface area contributed by atoms with E-state index in [0.717, 1.165) is 11.1 Å². The van der Waals surface area contributed by atoms with Gasteiger partial charge in [0, 0.05) is 26.2 Å². The van der Waals surface area contributed by atoms with Crippen molar-refractivity contribution < 1.29 is 16.8 Å². The molecule has 0 aliphatic rings. The van der Waals surface area contributed by atoms with Gasteiger partial charge in [-0.3, -0.25) is 0 Å². The average Bonchev–Trinajstić information content (AvgIpc) is 2.64. The first kappa shape index (κ1) is 21.6. The second-order valence-electron chi connectivity index (χ2n) is 6.17. The molecule has 0 atom stereocenters. The van der Waals surface area contributed by atoms with Crippen LogP contribution in [0, 0.1) is 0 Å². The molecule has 6 nitrogen and oxygen atoms in total. The first-order chi connectivity index (χ1) is 12.8. The Morgan fingerprint density at radius 1 is 0.630 bits per heavy atom. The first-order valence-corrected chi connectivity index (χ1v) is 12.0. The third kappa shape index (κ3) is 6.14. The number of nitrogens with zero attached hydrogens (tertiary/aromatic N) is 2. The summed E-state index contributed by atoms with van der Waals surface area (Å²) in [6, 6.07) is 18.3. The molecule has 0 aliphatic heterocycles. The number of sulfonamides is 2. The Hall–Kier alpha value is -1.74. The number of benzene rings is 2. The standard InChI is InChI=1S/C19H26N2O4S2/c1-3-20(15-18-11-7-5-8-12-18)26(22,23)17-27(24,25)21(4-2)16-19-13-9-6-10-14-19/h5-14H,3-4,15-17H2,1-2H3. The highest BCUT2D eigenvalue weighted by Gasteiger charge is 2.31. The Bertz CT molecular complexity index is 837. The Morgan fingerprint density at radius 2 is 0.963 bits per heavy atom. The van der Waals surface area contributed by atoms with Crippen LogP contribution >= 0.6 is 0 Å². The Morgan fingerprint density at radius 3 is 1.26 bits per heavy atom. The molecule has 148 valence electrons. The van der Waals surface area contributed by atoms with E-state index >= 15 is 0 Å². The Labute approximate surface area is 162 Å². The van der Waals surface area contributed by atoms with Crippen LogP contribution in [0.5, 0.6) is 0 Å². The van der Waals surface area contributed by atoms with Crippen molar-refractivity contribution in [1.82, 2.24) is 8.61 Å². The summed E-state index contributed by atoms with van der Waals surface area (Å²) in [5, 5.41) is -0.929. The maximum absolute atomic E-state index is 12.8. The van der Waals surface area contributed by atoms with Gasteiger partial charge >= 0.3 is 0 Å². The van der Waals surface area contributed by atoms with Gasteiger partial charge in [-0.2, -0.15) is 8.61 Å². The lowest BCUT2D eigenvalue weighted by molar-refractivity contribution is 0.414. The molecule has 0 unspecified atom stereocenters. The van der Waals surface area contributed by atoms with E-state index in [0.29, 0.717) is 0 Å². The molecule has 0 saturated carbocycles. The number of rotatable bonds is 10. The molecular formula is C19H26N2O4S2. The van der Waals surface area contributed by atoms with Crippen molar-refractivity contribution in [2.24, 2.45) is 0 Å². The van der Waals surface area contributed by atoms with Crippen LogP contribution in [0.1, 0.15) is 25.0 Å². The van der Waals surface area contributed by atoms with Gasteiger partial charge in [0.2, 0.25) is 20.0 Å². The van der Waals surface area contributed by atoms with E-state index < -0.39 is 25.1 Å². The van der Waals surface area contributed by atoms with Crippen molar-refractivity contribution in [2.75, 3.05) is 18.2 Å². The van der Waals surface area contributed by atoms with Crippen molar-refractivity contribution in [1.29, 1.82) is 0 Å². The number of hydrogen-bond donors (Lipinski definition) is 0. The van der Waals surface area contributed by atoms with Crippen LogP contribution in [-0.2, 0) is 33.1 Å². The molecule has 0 fully saturated rings. The molecule has 0 heterocycles. The van der Waals surface area contributed by atoms with Gasteiger partial charge in [0.25, 0.3) is 0 Å². The van der Waals surface area contributed by atoms with Gasteiger partial charge in [-0.1, -0.05) is 74.5 Å². The summed E-state index contributed by atoms with van der Waals surface area (Å²) >= 11 is 0. The molecular weight excluding hydrogens is 384 g/mol. The van der Waals surface area contributed by atoms with E-state index in [2.05, 4.69) is 0 Å². The van der Waals surface area contributed by atoms with Crippen molar-refractivity contribution in [2.45, 2.75) is 26.9 Å². The van der Waals surface area contributed by atoms with Crippen molar-refractivity contribution in [3.63, 3.8) is 0 Å². The summed E-state index contributed by atoms with van der Waals surface area (Å²) in [5.74, 6) is 0. The van der Waals surface area contributed by atoms with Crippen LogP contribution in [0.4, 0.5) is 0 Å². The third-order valence-corrected chi connectivity index (χ3v) is 8.92. The minimum atomic E-state index is -3.97. The zero-order valence-corrected chi connectivity index (χ0v) is 17.3. The van der Waals surface area contributed by atoms with Crippen LogP contribution < -0.4 is 0 Å². The van der Waals surface area contributed by atoms with Crippen molar-refractivity contribution in [3.05, 3.63) is 71.8 Å². The molecule has 2 rings (SSSR count). The normalized spacial score (nSPS) is 12.6. The molecule has 0 N–H and O–H groups in total. The monoisotopic (exact) mass is 410 g/mol. The molecule has 8 heteroatoms. The fourth-order valence-electron chi connectivity index (χ4n) is 2.73. The van der Waals surface area contributed by atoms with E-state index in [-0.39, 0.29) is 26.2 Å². The van der Waals surface area contributed by atoms with E-state index in [1.165, 1.54) is 8.61 Å². The zero-order chi connectivity index (χ0) is 19.9. The predicted octanol–water partition coefficient (Wildman–Crippen LogP) is 2.65. The molecule has 2 aromatic carbocycles. The van der Waals surface area contributed by atoms with Crippen LogP contribution in [0.2, 0.25) is 0 Å². The predicted molar refractivity (Wildman–Crippen MR) is 108 cm³/mol. The third-order valence-electron chi connectivity index (χ3n) is 4.19. The van der Waals surface area contributed by atoms with Gasteiger partial charge in [0.15, 0.2) is 5.08 Å². The van der Waals surface area contributed by atoms with Crippen molar-refractivity contribution in [3.8, 4) is 0 Å². The molecule has 0 bridgehead atoms. The van der Waals surface area contributed by atoms with E-state index in [4.69, 9.17) is 0 Å². The van der Waals surface area contributed by atoms with Gasteiger partial charge in [-0.15, -0.1) is 0 Å².